The second-order valence-electron chi connectivity index (χ2n) is 8.30. The Morgan fingerprint density at radius 2 is 1.56 bits per heavy atom. The first-order valence-electron chi connectivity index (χ1n) is 11.1. The van der Waals surface area contributed by atoms with Crippen LogP contribution in [0.15, 0.2) is 78.9 Å². The number of hydrogen-bond donors (Lipinski definition) is 3. The standard InChI is InChI=1S/C27H33NO4/c1-27(28,20-23(30)17-18-29)22-13-15-24(16-14-22)32-26-12-6-5-11-25(26)31-19-7-10-21-8-3-2-4-9-21/h2-6,8-9,11-16,23,29-30H,7,10,17-20,28H2,1H3. The van der Waals surface area contributed by atoms with E-state index in [4.69, 9.17) is 20.3 Å². The van der Waals surface area contributed by atoms with Gasteiger partial charge in [0, 0.05) is 12.1 Å². The molecule has 0 amide bonds. The van der Waals surface area contributed by atoms with Crippen molar-refractivity contribution in [2.75, 3.05) is 13.2 Å². The molecular weight excluding hydrogens is 402 g/mol. The average molecular weight is 436 g/mol. The molecule has 0 aliphatic heterocycles. The van der Waals surface area contributed by atoms with E-state index in [1.165, 1.54) is 5.56 Å². The van der Waals surface area contributed by atoms with Crippen LogP contribution in [0.1, 0.15) is 37.3 Å². The summed E-state index contributed by atoms with van der Waals surface area (Å²) in [6.45, 7) is 2.43. The van der Waals surface area contributed by atoms with Crippen molar-refractivity contribution in [2.24, 2.45) is 5.73 Å². The fraction of sp³-hybridized carbons (Fsp3) is 0.333. The number of aliphatic hydroxyl groups is 2. The highest BCUT2D eigenvalue weighted by Crippen LogP contribution is 2.33. The van der Waals surface area contributed by atoms with Crippen LogP contribution < -0.4 is 15.2 Å². The highest BCUT2D eigenvalue weighted by molar-refractivity contribution is 5.43. The fourth-order valence-corrected chi connectivity index (χ4v) is 3.65. The molecule has 0 fully saturated rings. The molecule has 3 aromatic rings. The molecule has 0 aromatic heterocycles. The monoisotopic (exact) mass is 435 g/mol. The summed E-state index contributed by atoms with van der Waals surface area (Å²) in [5.41, 5.74) is 7.90. The van der Waals surface area contributed by atoms with Crippen LogP contribution in [0.3, 0.4) is 0 Å². The molecule has 32 heavy (non-hydrogen) atoms. The Bertz CT molecular complexity index is 941. The molecule has 0 radical (unpaired) electrons. The quantitative estimate of drug-likeness (QED) is 0.356. The molecule has 5 nitrogen and oxygen atoms in total. The van der Waals surface area contributed by atoms with Crippen molar-refractivity contribution in [1.82, 2.24) is 0 Å². The summed E-state index contributed by atoms with van der Waals surface area (Å²) in [5.74, 6) is 2.05. The van der Waals surface area contributed by atoms with Crippen molar-refractivity contribution in [3.63, 3.8) is 0 Å². The number of nitrogens with two attached hydrogens (primary N) is 1. The molecule has 2 atom stereocenters. The van der Waals surface area contributed by atoms with Gasteiger partial charge >= 0.3 is 0 Å². The molecule has 5 heteroatoms. The van der Waals surface area contributed by atoms with E-state index in [0.717, 1.165) is 18.4 Å². The second-order valence-corrected chi connectivity index (χ2v) is 8.30. The maximum atomic E-state index is 10.0. The molecule has 0 saturated carbocycles. The van der Waals surface area contributed by atoms with Crippen molar-refractivity contribution in [1.29, 1.82) is 0 Å². The van der Waals surface area contributed by atoms with Crippen LogP contribution in [0.25, 0.3) is 0 Å². The van der Waals surface area contributed by atoms with E-state index in [2.05, 4.69) is 24.3 Å². The van der Waals surface area contributed by atoms with E-state index in [-0.39, 0.29) is 6.61 Å². The molecule has 170 valence electrons. The van der Waals surface area contributed by atoms with E-state index < -0.39 is 11.6 Å². The minimum Gasteiger partial charge on any atom is -0.490 e. The van der Waals surface area contributed by atoms with Gasteiger partial charge in [0.1, 0.15) is 5.75 Å². The lowest BCUT2D eigenvalue weighted by Gasteiger charge is -2.28. The SMILES string of the molecule is CC(N)(CC(O)CCO)c1ccc(Oc2ccccc2OCCCc2ccccc2)cc1. The first-order valence-corrected chi connectivity index (χ1v) is 11.1. The van der Waals surface area contributed by atoms with Gasteiger partial charge in [0.2, 0.25) is 0 Å². The van der Waals surface area contributed by atoms with Crippen LogP contribution in [-0.2, 0) is 12.0 Å². The summed E-state index contributed by atoms with van der Waals surface area (Å²) in [6, 6.07) is 25.6. The van der Waals surface area contributed by atoms with Crippen molar-refractivity contribution >= 4 is 0 Å². The second kappa shape index (κ2) is 11.7. The summed E-state index contributed by atoms with van der Waals surface area (Å²) in [4.78, 5) is 0. The molecule has 0 heterocycles. The molecule has 0 aliphatic rings. The van der Waals surface area contributed by atoms with Crippen LogP contribution in [0, 0.1) is 0 Å². The number of aryl methyl sites for hydroxylation is 1. The van der Waals surface area contributed by atoms with Crippen LogP contribution >= 0.6 is 0 Å². The van der Waals surface area contributed by atoms with Gasteiger partial charge < -0.3 is 25.4 Å². The average Bonchev–Trinajstić information content (AvgIpc) is 2.78. The number of aliphatic hydroxyl groups excluding tert-OH is 2. The maximum Gasteiger partial charge on any atom is 0.169 e. The zero-order valence-electron chi connectivity index (χ0n) is 18.6. The van der Waals surface area contributed by atoms with Crippen LogP contribution in [0.5, 0.6) is 17.2 Å². The molecule has 3 rings (SSSR count). The molecule has 0 saturated heterocycles. The lowest BCUT2D eigenvalue weighted by Crippen LogP contribution is -2.37. The summed E-state index contributed by atoms with van der Waals surface area (Å²) in [6.07, 6.45) is 1.93. The van der Waals surface area contributed by atoms with E-state index in [1.807, 2.05) is 61.5 Å². The van der Waals surface area contributed by atoms with Crippen LogP contribution in [-0.4, -0.2) is 29.5 Å². The van der Waals surface area contributed by atoms with Gasteiger partial charge in [0.25, 0.3) is 0 Å². The smallest absolute Gasteiger partial charge is 0.169 e. The van der Waals surface area contributed by atoms with E-state index in [1.54, 1.807) is 0 Å². The molecule has 0 bridgehead atoms. The summed E-state index contributed by atoms with van der Waals surface area (Å²) >= 11 is 0. The fourth-order valence-electron chi connectivity index (χ4n) is 3.65. The third kappa shape index (κ3) is 7.09. The van der Waals surface area contributed by atoms with Crippen molar-refractivity contribution in [3.8, 4) is 17.2 Å². The van der Waals surface area contributed by atoms with E-state index in [0.29, 0.717) is 36.7 Å². The first kappa shape index (κ1) is 23.8. The topological polar surface area (TPSA) is 84.9 Å². The van der Waals surface area contributed by atoms with Crippen LogP contribution in [0.2, 0.25) is 0 Å². The van der Waals surface area contributed by atoms with Gasteiger partial charge in [-0.15, -0.1) is 0 Å². The predicted molar refractivity (Wildman–Crippen MR) is 127 cm³/mol. The highest BCUT2D eigenvalue weighted by atomic mass is 16.5. The Kier molecular flexibility index (Phi) is 8.68. The Morgan fingerprint density at radius 1 is 0.906 bits per heavy atom. The lowest BCUT2D eigenvalue weighted by atomic mass is 9.87. The van der Waals surface area contributed by atoms with Crippen molar-refractivity contribution < 1.29 is 19.7 Å². The van der Waals surface area contributed by atoms with E-state index in [9.17, 15) is 5.11 Å². The third-order valence-corrected chi connectivity index (χ3v) is 5.42. The van der Waals surface area contributed by atoms with Gasteiger partial charge in [-0.2, -0.15) is 0 Å². The van der Waals surface area contributed by atoms with Gasteiger partial charge in [0.05, 0.1) is 12.7 Å². The minimum absolute atomic E-state index is 0.0578. The normalized spacial score (nSPS) is 13.9. The number of ether oxygens (including phenoxy) is 2. The number of para-hydroxylation sites is 2. The summed E-state index contributed by atoms with van der Waals surface area (Å²) < 4.78 is 12.0. The number of benzene rings is 3. The predicted octanol–water partition coefficient (Wildman–Crippen LogP) is 4.80. The van der Waals surface area contributed by atoms with E-state index >= 15 is 0 Å². The third-order valence-electron chi connectivity index (χ3n) is 5.42. The Labute approximate surface area is 190 Å². The molecule has 0 spiro atoms. The minimum atomic E-state index is -0.701. The Hall–Kier alpha value is -2.86. The van der Waals surface area contributed by atoms with Gasteiger partial charge in [-0.25, -0.2) is 0 Å². The van der Waals surface area contributed by atoms with Crippen LogP contribution in [0.4, 0.5) is 0 Å². The summed E-state index contributed by atoms with van der Waals surface area (Å²) in [5, 5.41) is 19.0. The zero-order valence-corrected chi connectivity index (χ0v) is 18.6. The van der Waals surface area contributed by atoms with Gasteiger partial charge in [-0.1, -0.05) is 54.6 Å². The van der Waals surface area contributed by atoms with Gasteiger partial charge in [-0.05, 0) is 68.0 Å². The lowest BCUT2D eigenvalue weighted by molar-refractivity contribution is 0.103. The number of hydrogen-bond acceptors (Lipinski definition) is 5. The first-order chi connectivity index (χ1) is 15.5. The molecule has 4 N–H and O–H groups in total. The highest BCUT2D eigenvalue weighted by Gasteiger charge is 2.24. The largest absolute Gasteiger partial charge is 0.490 e. The maximum absolute atomic E-state index is 10.0. The molecule has 3 aromatic carbocycles. The zero-order chi connectivity index (χ0) is 22.8. The Balaban J connectivity index is 1.57. The number of rotatable bonds is 12. The molecule has 0 aliphatic carbocycles. The van der Waals surface area contributed by atoms with Crippen molar-refractivity contribution in [3.05, 3.63) is 90.0 Å². The molecular formula is C27H33NO4. The summed E-state index contributed by atoms with van der Waals surface area (Å²) in [7, 11) is 0. The Morgan fingerprint density at radius 3 is 2.25 bits per heavy atom. The van der Waals surface area contributed by atoms with Crippen molar-refractivity contribution in [2.45, 2.75) is 44.2 Å². The van der Waals surface area contributed by atoms with Gasteiger partial charge in [0.15, 0.2) is 11.5 Å². The molecule has 2 unspecified atom stereocenters. The van der Waals surface area contributed by atoms with Gasteiger partial charge in [-0.3, -0.25) is 0 Å².